The zero-order chi connectivity index (χ0) is 15.7. The monoisotopic (exact) mass is 290 g/mol. The zero-order valence-corrected chi connectivity index (χ0v) is 12.6. The molecule has 114 valence electrons. The Morgan fingerprint density at radius 3 is 2.05 bits per heavy atom. The molecule has 1 aromatic rings. The molecule has 0 saturated heterocycles. The van der Waals surface area contributed by atoms with Crippen LogP contribution in [0.5, 0.6) is 0 Å². The number of hydrogen-bond donors (Lipinski definition) is 0. The van der Waals surface area contributed by atoms with E-state index in [1.807, 2.05) is 30.3 Å². The van der Waals surface area contributed by atoms with Gasteiger partial charge in [-0.15, -0.1) is 6.58 Å². The highest BCUT2D eigenvalue weighted by molar-refractivity contribution is 6.00. The fraction of sp³-hybridized carbons (Fsp3) is 0.412. The number of benzene rings is 1. The van der Waals surface area contributed by atoms with Crippen LogP contribution in [0.4, 0.5) is 0 Å². The van der Waals surface area contributed by atoms with Gasteiger partial charge in [0.15, 0.2) is 5.41 Å². The van der Waals surface area contributed by atoms with E-state index in [1.54, 1.807) is 19.9 Å². The maximum atomic E-state index is 12.4. The van der Waals surface area contributed by atoms with Crippen LogP contribution in [0.2, 0.25) is 0 Å². The van der Waals surface area contributed by atoms with Crippen molar-refractivity contribution in [3.05, 3.63) is 48.6 Å². The average molecular weight is 290 g/mol. The largest absolute Gasteiger partial charge is 0.465 e. The normalized spacial score (nSPS) is 10.8. The van der Waals surface area contributed by atoms with Crippen LogP contribution in [0.15, 0.2) is 43.0 Å². The van der Waals surface area contributed by atoms with Gasteiger partial charge in [-0.2, -0.15) is 0 Å². The standard InChI is InChI=1S/C17H22O4/c1-4-12-17(15(18)20-5-2,16(19)21-6-3)13-14-10-8-7-9-11-14/h4,7-11H,1,5-6,12-13H2,2-3H3. The lowest BCUT2D eigenvalue weighted by Gasteiger charge is -2.28. The third kappa shape index (κ3) is 4.18. The Balaban J connectivity index is 3.18. The molecule has 0 unspecified atom stereocenters. The Morgan fingerprint density at radius 1 is 1.10 bits per heavy atom. The van der Waals surface area contributed by atoms with Crippen molar-refractivity contribution in [3.8, 4) is 0 Å². The van der Waals surface area contributed by atoms with E-state index in [9.17, 15) is 9.59 Å². The van der Waals surface area contributed by atoms with Crippen molar-refractivity contribution in [1.82, 2.24) is 0 Å². The van der Waals surface area contributed by atoms with E-state index < -0.39 is 17.4 Å². The molecule has 0 aliphatic carbocycles. The summed E-state index contributed by atoms with van der Waals surface area (Å²) in [6.45, 7) is 7.51. The molecule has 0 aliphatic heterocycles. The maximum absolute atomic E-state index is 12.4. The number of allylic oxidation sites excluding steroid dienone is 1. The summed E-state index contributed by atoms with van der Waals surface area (Å²) in [7, 11) is 0. The number of hydrogen-bond acceptors (Lipinski definition) is 4. The van der Waals surface area contributed by atoms with Crippen LogP contribution in [0.3, 0.4) is 0 Å². The molecule has 21 heavy (non-hydrogen) atoms. The first-order valence-electron chi connectivity index (χ1n) is 7.10. The minimum atomic E-state index is -1.37. The van der Waals surface area contributed by atoms with E-state index in [0.29, 0.717) is 0 Å². The van der Waals surface area contributed by atoms with Crippen molar-refractivity contribution in [3.63, 3.8) is 0 Å². The molecule has 0 radical (unpaired) electrons. The molecule has 0 bridgehead atoms. The lowest BCUT2D eigenvalue weighted by Crippen LogP contribution is -2.43. The van der Waals surface area contributed by atoms with Gasteiger partial charge in [0.25, 0.3) is 0 Å². The second-order valence-electron chi connectivity index (χ2n) is 4.68. The van der Waals surface area contributed by atoms with E-state index in [4.69, 9.17) is 9.47 Å². The molecule has 0 aromatic heterocycles. The summed E-state index contributed by atoms with van der Waals surface area (Å²) in [6, 6.07) is 9.36. The molecule has 1 rings (SSSR count). The molecule has 0 atom stereocenters. The highest BCUT2D eigenvalue weighted by Gasteiger charge is 2.47. The molecule has 0 spiro atoms. The molecule has 0 aliphatic rings. The first kappa shape index (κ1) is 17.0. The molecular formula is C17H22O4. The van der Waals surface area contributed by atoms with Gasteiger partial charge < -0.3 is 9.47 Å². The van der Waals surface area contributed by atoms with Crippen LogP contribution in [-0.2, 0) is 25.5 Å². The molecule has 0 amide bonds. The summed E-state index contributed by atoms with van der Waals surface area (Å²) in [5.74, 6) is -1.13. The van der Waals surface area contributed by atoms with Gasteiger partial charge in [0, 0.05) is 0 Å². The van der Waals surface area contributed by atoms with Crippen molar-refractivity contribution in [1.29, 1.82) is 0 Å². The van der Waals surface area contributed by atoms with Gasteiger partial charge in [0.05, 0.1) is 13.2 Å². The predicted molar refractivity (Wildman–Crippen MR) is 80.7 cm³/mol. The maximum Gasteiger partial charge on any atom is 0.324 e. The highest BCUT2D eigenvalue weighted by atomic mass is 16.6. The van der Waals surface area contributed by atoms with Crippen molar-refractivity contribution >= 4 is 11.9 Å². The molecule has 4 nitrogen and oxygen atoms in total. The highest BCUT2D eigenvalue weighted by Crippen LogP contribution is 2.31. The third-order valence-electron chi connectivity index (χ3n) is 3.17. The van der Waals surface area contributed by atoms with Crippen LogP contribution in [0, 0.1) is 5.41 Å². The second-order valence-corrected chi connectivity index (χ2v) is 4.68. The molecule has 0 fully saturated rings. The molecular weight excluding hydrogens is 268 g/mol. The Morgan fingerprint density at radius 2 is 1.62 bits per heavy atom. The van der Waals surface area contributed by atoms with Crippen LogP contribution in [0.1, 0.15) is 25.8 Å². The van der Waals surface area contributed by atoms with Crippen molar-refractivity contribution in [2.24, 2.45) is 5.41 Å². The summed E-state index contributed by atoms with van der Waals surface area (Å²) in [5, 5.41) is 0. The summed E-state index contributed by atoms with van der Waals surface area (Å²) in [4.78, 5) is 24.8. The lowest BCUT2D eigenvalue weighted by molar-refractivity contribution is -0.171. The van der Waals surface area contributed by atoms with Gasteiger partial charge >= 0.3 is 11.9 Å². The van der Waals surface area contributed by atoms with E-state index >= 15 is 0 Å². The molecule has 1 aromatic carbocycles. The van der Waals surface area contributed by atoms with Gasteiger partial charge in [-0.05, 0) is 32.3 Å². The lowest BCUT2D eigenvalue weighted by atomic mass is 9.78. The van der Waals surface area contributed by atoms with E-state index in [-0.39, 0.29) is 26.1 Å². The molecule has 0 heterocycles. The second kappa shape index (κ2) is 8.25. The number of carbonyl (C=O) groups is 2. The first-order chi connectivity index (χ1) is 10.1. The van der Waals surface area contributed by atoms with Gasteiger partial charge in [0.1, 0.15) is 0 Å². The summed E-state index contributed by atoms with van der Waals surface area (Å²) >= 11 is 0. The Kier molecular flexibility index (Phi) is 6.66. The Labute approximate surface area is 125 Å². The topological polar surface area (TPSA) is 52.6 Å². The predicted octanol–water partition coefficient (Wildman–Crippen LogP) is 2.92. The number of ether oxygens (including phenoxy) is 2. The smallest absolute Gasteiger partial charge is 0.324 e. The van der Waals surface area contributed by atoms with Crippen molar-refractivity contribution in [2.45, 2.75) is 26.7 Å². The third-order valence-corrected chi connectivity index (χ3v) is 3.17. The molecule has 0 saturated carbocycles. The number of rotatable bonds is 8. The van der Waals surface area contributed by atoms with Gasteiger partial charge in [-0.25, -0.2) is 0 Å². The Hall–Kier alpha value is -2.10. The number of esters is 2. The SMILES string of the molecule is C=CCC(Cc1ccccc1)(C(=O)OCC)C(=O)OCC. The summed E-state index contributed by atoms with van der Waals surface area (Å²) < 4.78 is 10.2. The fourth-order valence-corrected chi connectivity index (χ4v) is 2.20. The van der Waals surface area contributed by atoms with E-state index in [1.165, 1.54) is 0 Å². The van der Waals surface area contributed by atoms with E-state index in [0.717, 1.165) is 5.56 Å². The quantitative estimate of drug-likeness (QED) is 0.419. The van der Waals surface area contributed by atoms with Gasteiger partial charge in [-0.1, -0.05) is 36.4 Å². The molecule has 0 N–H and O–H groups in total. The summed E-state index contributed by atoms with van der Waals surface area (Å²) in [6.07, 6.45) is 1.97. The minimum absolute atomic E-state index is 0.180. The summed E-state index contributed by atoms with van der Waals surface area (Å²) in [5.41, 5.74) is -0.491. The minimum Gasteiger partial charge on any atom is -0.465 e. The Bertz CT molecular complexity index is 461. The number of carbonyl (C=O) groups excluding carboxylic acids is 2. The van der Waals surface area contributed by atoms with Crippen LogP contribution in [-0.4, -0.2) is 25.2 Å². The zero-order valence-electron chi connectivity index (χ0n) is 12.6. The fourth-order valence-electron chi connectivity index (χ4n) is 2.20. The van der Waals surface area contributed by atoms with Gasteiger partial charge in [-0.3, -0.25) is 9.59 Å². The van der Waals surface area contributed by atoms with Crippen LogP contribution >= 0.6 is 0 Å². The van der Waals surface area contributed by atoms with Crippen molar-refractivity contribution < 1.29 is 19.1 Å². The van der Waals surface area contributed by atoms with Crippen LogP contribution in [0.25, 0.3) is 0 Å². The van der Waals surface area contributed by atoms with Crippen LogP contribution < -0.4 is 0 Å². The van der Waals surface area contributed by atoms with E-state index in [2.05, 4.69) is 6.58 Å². The molecule has 4 heteroatoms. The average Bonchev–Trinajstić information content (AvgIpc) is 2.48. The van der Waals surface area contributed by atoms with Crippen molar-refractivity contribution in [2.75, 3.05) is 13.2 Å². The van der Waals surface area contributed by atoms with Gasteiger partial charge in [0.2, 0.25) is 0 Å². The first-order valence-corrected chi connectivity index (χ1v) is 7.10.